The predicted molar refractivity (Wildman–Crippen MR) is 163 cm³/mol. The van der Waals surface area contributed by atoms with Crippen molar-refractivity contribution in [3.8, 4) is 34.0 Å². The van der Waals surface area contributed by atoms with Gasteiger partial charge in [0.1, 0.15) is 6.04 Å². The van der Waals surface area contributed by atoms with Gasteiger partial charge in [-0.3, -0.25) is 4.79 Å². The molecule has 1 unspecified atom stereocenters. The molecule has 0 saturated carbocycles. The molecule has 7 heteroatoms. The Kier molecular flexibility index (Phi) is 8.02. The molecular weight excluding hydrogens is 526 g/mol. The van der Waals surface area contributed by atoms with Gasteiger partial charge in [-0.15, -0.1) is 0 Å². The van der Waals surface area contributed by atoms with Gasteiger partial charge in [0.15, 0.2) is 0 Å². The SMILES string of the molecule is Cc1cccc(-c2ccc(-c3nc(-c4ccc(CC(NC(=O)c5ccc(C(C)(C)C)cc5)C(=O)O)cc4)no3)cc2)c1. The first-order chi connectivity index (χ1) is 20.1. The van der Waals surface area contributed by atoms with Gasteiger partial charge in [0.2, 0.25) is 5.82 Å². The number of hydrogen-bond donors (Lipinski definition) is 2. The molecule has 0 radical (unpaired) electrons. The van der Waals surface area contributed by atoms with Crippen molar-refractivity contribution in [2.24, 2.45) is 0 Å². The summed E-state index contributed by atoms with van der Waals surface area (Å²) in [5, 5.41) is 16.5. The Hall–Kier alpha value is -5.04. The molecule has 7 nitrogen and oxygen atoms in total. The van der Waals surface area contributed by atoms with E-state index in [1.54, 1.807) is 12.1 Å². The zero-order chi connectivity index (χ0) is 29.9. The van der Waals surface area contributed by atoms with Crippen molar-refractivity contribution >= 4 is 11.9 Å². The van der Waals surface area contributed by atoms with Crippen LogP contribution in [0.5, 0.6) is 0 Å². The van der Waals surface area contributed by atoms with Crippen molar-refractivity contribution in [2.45, 2.75) is 45.6 Å². The molecule has 0 fully saturated rings. The minimum Gasteiger partial charge on any atom is -0.480 e. The van der Waals surface area contributed by atoms with Crippen molar-refractivity contribution in [3.05, 3.63) is 119 Å². The number of aryl methyl sites for hydroxylation is 1. The van der Waals surface area contributed by atoms with Crippen molar-refractivity contribution in [1.82, 2.24) is 15.5 Å². The summed E-state index contributed by atoms with van der Waals surface area (Å²) in [6.07, 6.45) is 0.131. The fourth-order valence-corrected chi connectivity index (χ4v) is 4.68. The second kappa shape index (κ2) is 11.8. The number of amides is 1. The summed E-state index contributed by atoms with van der Waals surface area (Å²) in [4.78, 5) is 29.3. The van der Waals surface area contributed by atoms with Crippen LogP contribution in [-0.2, 0) is 16.6 Å². The molecule has 1 amide bonds. The monoisotopic (exact) mass is 559 g/mol. The average molecular weight is 560 g/mol. The van der Waals surface area contributed by atoms with Crippen molar-refractivity contribution < 1.29 is 19.2 Å². The number of benzene rings is 4. The minimum absolute atomic E-state index is 0.0404. The highest BCUT2D eigenvalue weighted by Gasteiger charge is 2.22. The number of nitrogens with zero attached hydrogens (tertiary/aromatic N) is 2. The Morgan fingerprint density at radius 3 is 2.10 bits per heavy atom. The number of carboxylic acid groups (broad SMARTS) is 1. The van der Waals surface area contributed by atoms with E-state index >= 15 is 0 Å². The van der Waals surface area contributed by atoms with Crippen LogP contribution in [0, 0.1) is 6.92 Å². The highest BCUT2D eigenvalue weighted by molar-refractivity contribution is 5.96. The van der Waals surface area contributed by atoms with Crippen LogP contribution in [0.1, 0.15) is 47.8 Å². The molecule has 0 spiro atoms. The summed E-state index contributed by atoms with van der Waals surface area (Å²) in [5.74, 6) is -0.684. The number of carbonyl (C=O) groups is 2. The van der Waals surface area contributed by atoms with Gasteiger partial charge < -0.3 is 14.9 Å². The molecule has 0 aliphatic carbocycles. The van der Waals surface area contributed by atoms with Gasteiger partial charge in [-0.1, -0.05) is 104 Å². The fourth-order valence-electron chi connectivity index (χ4n) is 4.68. The van der Waals surface area contributed by atoms with Gasteiger partial charge in [0, 0.05) is 23.1 Å². The van der Waals surface area contributed by atoms with E-state index < -0.39 is 17.9 Å². The van der Waals surface area contributed by atoms with E-state index in [1.807, 2.05) is 66.7 Å². The van der Waals surface area contributed by atoms with E-state index in [0.29, 0.717) is 17.3 Å². The van der Waals surface area contributed by atoms with Gasteiger partial charge in [-0.05, 0) is 58.9 Å². The number of hydrogen-bond acceptors (Lipinski definition) is 5. The third-order valence-corrected chi connectivity index (χ3v) is 7.18. The van der Waals surface area contributed by atoms with Gasteiger partial charge in [0.25, 0.3) is 11.8 Å². The van der Waals surface area contributed by atoms with Crippen LogP contribution in [0.4, 0.5) is 0 Å². The first kappa shape index (κ1) is 28.5. The summed E-state index contributed by atoms with van der Waals surface area (Å²) in [5.41, 5.74) is 7.23. The van der Waals surface area contributed by atoms with E-state index in [9.17, 15) is 14.7 Å². The second-order valence-electron chi connectivity index (χ2n) is 11.5. The van der Waals surface area contributed by atoms with Crippen LogP contribution >= 0.6 is 0 Å². The van der Waals surface area contributed by atoms with Gasteiger partial charge in [-0.2, -0.15) is 4.98 Å². The minimum atomic E-state index is -1.10. The topological polar surface area (TPSA) is 105 Å². The molecule has 1 heterocycles. The van der Waals surface area contributed by atoms with Crippen LogP contribution in [0.15, 0.2) is 102 Å². The lowest BCUT2D eigenvalue weighted by Crippen LogP contribution is -2.42. The van der Waals surface area contributed by atoms with Gasteiger partial charge >= 0.3 is 5.97 Å². The molecule has 5 rings (SSSR count). The van der Waals surface area contributed by atoms with E-state index in [-0.39, 0.29) is 11.8 Å². The first-order valence-corrected chi connectivity index (χ1v) is 13.8. The third kappa shape index (κ3) is 6.63. The quantitative estimate of drug-likeness (QED) is 0.210. The lowest BCUT2D eigenvalue weighted by atomic mass is 9.86. The largest absolute Gasteiger partial charge is 0.480 e. The summed E-state index contributed by atoms with van der Waals surface area (Å²) >= 11 is 0. The predicted octanol–water partition coefficient (Wildman–Crippen LogP) is 7.10. The summed E-state index contributed by atoms with van der Waals surface area (Å²) < 4.78 is 5.52. The van der Waals surface area contributed by atoms with Crippen molar-refractivity contribution in [2.75, 3.05) is 0 Å². The Balaban J connectivity index is 1.24. The molecule has 212 valence electrons. The molecule has 4 aromatic carbocycles. The molecular formula is C35H33N3O4. The Morgan fingerprint density at radius 1 is 0.833 bits per heavy atom. The zero-order valence-corrected chi connectivity index (χ0v) is 24.1. The second-order valence-corrected chi connectivity index (χ2v) is 11.5. The fraction of sp³-hybridized carbons (Fsp3) is 0.200. The smallest absolute Gasteiger partial charge is 0.326 e. The molecule has 5 aromatic rings. The number of aromatic nitrogens is 2. The maximum absolute atomic E-state index is 12.8. The van der Waals surface area contributed by atoms with Crippen LogP contribution in [0.3, 0.4) is 0 Å². The lowest BCUT2D eigenvalue weighted by Gasteiger charge is -2.19. The molecule has 0 aliphatic rings. The van der Waals surface area contributed by atoms with Crippen LogP contribution in [0.25, 0.3) is 34.0 Å². The summed E-state index contributed by atoms with van der Waals surface area (Å²) in [6.45, 7) is 8.35. The standard InChI is InChI=1S/C35H33N3O4/c1-22-6-5-7-28(20-22)24-12-14-27(15-13-24)33-37-31(38-42-33)25-10-8-23(9-11-25)21-30(34(40)41)36-32(39)26-16-18-29(19-17-26)35(2,3)4/h5-20,30H,21H2,1-4H3,(H,36,39)(H,40,41). The number of carboxylic acids is 1. The Morgan fingerprint density at radius 2 is 1.48 bits per heavy atom. The Bertz CT molecular complexity index is 1700. The summed E-state index contributed by atoms with van der Waals surface area (Å²) in [6, 6.07) is 29.7. The normalized spacial score (nSPS) is 12.1. The third-order valence-electron chi connectivity index (χ3n) is 7.18. The zero-order valence-electron chi connectivity index (χ0n) is 24.1. The van der Waals surface area contributed by atoms with Crippen molar-refractivity contribution in [3.63, 3.8) is 0 Å². The number of rotatable bonds is 8. The number of nitrogens with one attached hydrogen (secondary N) is 1. The first-order valence-electron chi connectivity index (χ1n) is 13.8. The average Bonchev–Trinajstić information content (AvgIpc) is 3.47. The van der Waals surface area contributed by atoms with E-state index in [4.69, 9.17) is 4.52 Å². The maximum atomic E-state index is 12.8. The molecule has 0 bridgehead atoms. The lowest BCUT2D eigenvalue weighted by molar-refractivity contribution is -0.139. The van der Waals surface area contributed by atoms with Crippen molar-refractivity contribution in [1.29, 1.82) is 0 Å². The van der Waals surface area contributed by atoms with E-state index in [1.165, 1.54) is 5.56 Å². The maximum Gasteiger partial charge on any atom is 0.326 e. The number of carbonyl (C=O) groups excluding carboxylic acids is 1. The van der Waals surface area contributed by atoms with E-state index in [2.05, 4.69) is 61.4 Å². The highest BCUT2D eigenvalue weighted by atomic mass is 16.5. The Labute approximate surface area is 245 Å². The molecule has 2 N–H and O–H groups in total. The van der Waals surface area contributed by atoms with Crippen LogP contribution in [-0.4, -0.2) is 33.2 Å². The molecule has 1 aromatic heterocycles. The summed E-state index contributed by atoms with van der Waals surface area (Å²) in [7, 11) is 0. The highest BCUT2D eigenvalue weighted by Crippen LogP contribution is 2.27. The number of aliphatic carboxylic acids is 1. The molecule has 0 saturated heterocycles. The van der Waals surface area contributed by atoms with Crippen LogP contribution in [0.2, 0.25) is 0 Å². The molecule has 0 aliphatic heterocycles. The molecule has 1 atom stereocenters. The van der Waals surface area contributed by atoms with Crippen LogP contribution < -0.4 is 5.32 Å². The molecule has 42 heavy (non-hydrogen) atoms. The van der Waals surface area contributed by atoms with Gasteiger partial charge in [0.05, 0.1) is 0 Å². The van der Waals surface area contributed by atoms with Gasteiger partial charge in [-0.25, -0.2) is 4.79 Å². The van der Waals surface area contributed by atoms with E-state index in [0.717, 1.165) is 33.4 Å².